The molecule has 2 rings (SSSR count). The topological polar surface area (TPSA) is 70.8 Å². The Bertz CT molecular complexity index is 441. The fourth-order valence-electron chi connectivity index (χ4n) is 2.43. The molecule has 3 N–H and O–H groups in total. The molecule has 0 aliphatic carbocycles. The minimum atomic E-state index is 0.0540. The predicted octanol–water partition coefficient (Wildman–Crippen LogP) is -0.108. The highest BCUT2D eigenvalue weighted by molar-refractivity contribution is 5.78. The lowest BCUT2D eigenvalue weighted by atomic mass is 10.2. The van der Waals surface area contributed by atoms with Crippen LogP contribution in [0.3, 0.4) is 0 Å². The van der Waals surface area contributed by atoms with Gasteiger partial charge >= 0.3 is 0 Å². The molecule has 0 saturated carbocycles. The maximum atomic E-state index is 11.7. The Morgan fingerprint density at radius 2 is 1.90 bits per heavy atom. The van der Waals surface area contributed by atoms with Crippen molar-refractivity contribution in [1.29, 1.82) is 0 Å². The second-order valence-electron chi connectivity index (χ2n) is 5.10. The lowest BCUT2D eigenvalue weighted by Crippen LogP contribution is -2.49. The highest BCUT2D eigenvalue weighted by Gasteiger charge is 2.18. The Balaban J connectivity index is 1.78. The molecule has 0 atom stereocenters. The first-order chi connectivity index (χ1) is 10.2. The molecule has 6 heteroatoms. The Morgan fingerprint density at radius 3 is 2.48 bits per heavy atom. The van der Waals surface area contributed by atoms with Crippen molar-refractivity contribution in [2.75, 3.05) is 57.8 Å². The van der Waals surface area contributed by atoms with Crippen molar-refractivity contribution in [2.24, 2.45) is 5.73 Å². The number of nitrogens with two attached hydrogens (primary N) is 1. The highest BCUT2D eigenvalue weighted by atomic mass is 16.5. The lowest BCUT2D eigenvalue weighted by Gasteiger charge is -2.35. The molecular formula is C15H24N4O2. The van der Waals surface area contributed by atoms with Gasteiger partial charge in [0, 0.05) is 45.0 Å². The molecule has 1 aliphatic heterocycles. The molecule has 116 valence electrons. The predicted molar refractivity (Wildman–Crippen MR) is 83.7 cm³/mol. The van der Waals surface area contributed by atoms with Crippen LogP contribution in [0.2, 0.25) is 0 Å². The molecule has 1 aliphatic rings. The molecule has 1 heterocycles. The van der Waals surface area contributed by atoms with Gasteiger partial charge in [0.2, 0.25) is 5.91 Å². The molecule has 6 nitrogen and oxygen atoms in total. The third-order valence-electron chi connectivity index (χ3n) is 3.64. The van der Waals surface area contributed by atoms with Gasteiger partial charge in [0.05, 0.1) is 13.7 Å². The van der Waals surface area contributed by atoms with Crippen LogP contribution in [0.25, 0.3) is 0 Å². The van der Waals surface area contributed by atoms with E-state index in [-0.39, 0.29) is 5.91 Å². The van der Waals surface area contributed by atoms with Crippen molar-refractivity contribution in [1.82, 2.24) is 10.2 Å². The van der Waals surface area contributed by atoms with E-state index in [9.17, 15) is 4.79 Å². The van der Waals surface area contributed by atoms with Crippen molar-refractivity contribution < 1.29 is 9.53 Å². The molecule has 0 aromatic heterocycles. The van der Waals surface area contributed by atoms with Crippen molar-refractivity contribution >= 4 is 11.6 Å². The van der Waals surface area contributed by atoms with E-state index in [1.54, 1.807) is 7.11 Å². The SMILES string of the molecule is COc1ccc(N2CCN(CC(=O)NCCN)CC2)cc1. The quantitative estimate of drug-likeness (QED) is 0.766. The molecule has 1 aromatic rings. The van der Waals surface area contributed by atoms with Crippen LogP contribution < -0.4 is 20.7 Å². The average molecular weight is 292 g/mol. The Labute approximate surface area is 125 Å². The molecule has 0 bridgehead atoms. The number of benzene rings is 1. The van der Waals surface area contributed by atoms with E-state index in [1.165, 1.54) is 5.69 Å². The zero-order valence-corrected chi connectivity index (χ0v) is 12.5. The van der Waals surface area contributed by atoms with E-state index in [0.29, 0.717) is 19.6 Å². The molecule has 1 fully saturated rings. The summed E-state index contributed by atoms with van der Waals surface area (Å²) in [6.45, 7) is 5.12. The van der Waals surface area contributed by atoms with Crippen LogP contribution in [-0.4, -0.2) is 63.7 Å². The van der Waals surface area contributed by atoms with Crippen molar-refractivity contribution in [3.63, 3.8) is 0 Å². The van der Waals surface area contributed by atoms with Crippen LogP contribution in [0.4, 0.5) is 5.69 Å². The van der Waals surface area contributed by atoms with Gasteiger partial charge < -0.3 is 20.7 Å². The third-order valence-corrected chi connectivity index (χ3v) is 3.64. The number of hydrogen-bond donors (Lipinski definition) is 2. The van der Waals surface area contributed by atoms with Crippen LogP contribution >= 0.6 is 0 Å². The minimum absolute atomic E-state index is 0.0540. The maximum Gasteiger partial charge on any atom is 0.234 e. The molecule has 0 unspecified atom stereocenters. The molecule has 1 amide bonds. The first-order valence-corrected chi connectivity index (χ1v) is 7.31. The zero-order chi connectivity index (χ0) is 15.1. The Morgan fingerprint density at radius 1 is 1.24 bits per heavy atom. The van der Waals surface area contributed by atoms with Crippen LogP contribution in [0.1, 0.15) is 0 Å². The number of anilines is 1. The van der Waals surface area contributed by atoms with Gasteiger partial charge in [0.15, 0.2) is 0 Å². The number of rotatable bonds is 6. The van der Waals surface area contributed by atoms with Crippen molar-refractivity contribution in [3.05, 3.63) is 24.3 Å². The van der Waals surface area contributed by atoms with Gasteiger partial charge in [-0.15, -0.1) is 0 Å². The van der Waals surface area contributed by atoms with E-state index >= 15 is 0 Å². The number of carbonyl (C=O) groups is 1. The number of hydrogen-bond acceptors (Lipinski definition) is 5. The Kier molecular flexibility index (Phi) is 5.83. The maximum absolute atomic E-state index is 11.7. The van der Waals surface area contributed by atoms with Gasteiger partial charge in [-0.2, -0.15) is 0 Å². The summed E-state index contributed by atoms with van der Waals surface area (Å²) < 4.78 is 5.17. The normalized spacial score (nSPS) is 15.8. The summed E-state index contributed by atoms with van der Waals surface area (Å²) in [5.74, 6) is 0.923. The summed E-state index contributed by atoms with van der Waals surface area (Å²) >= 11 is 0. The molecule has 1 saturated heterocycles. The van der Waals surface area contributed by atoms with Crippen molar-refractivity contribution in [3.8, 4) is 5.75 Å². The van der Waals surface area contributed by atoms with Crippen LogP contribution in [-0.2, 0) is 4.79 Å². The minimum Gasteiger partial charge on any atom is -0.497 e. The van der Waals surface area contributed by atoms with Crippen LogP contribution in [0.15, 0.2) is 24.3 Å². The number of nitrogens with zero attached hydrogens (tertiary/aromatic N) is 2. The fourth-order valence-corrected chi connectivity index (χ4v) is 2.43. The summed E-state index contributed by atoms with van der Waals surface area (Å²) in [6, 6.07) is 8.09. The summed E-state index contributed by atoms with van der Waals surface area (Å²) in [6.07, 6.45) is 0. The van der Waals surface area contributed by atoms with Crippen LogP contribution in [0, 0.1) is 0 Å². The number of carbonyl (C=O) groups excluding carboxylic acids is 1. The van der Waals surface area contributed by atoms with E-state index in [2.05, 4.69) is 27.2 Å². The summed E-state index contributed by atoms with van der Waals surface area (Å²) in [7, 11) is 1.67. The number of piperazine rings is 1. The monoisotopic (exact) mass is 292 g/mol. The van der Waals surface area contributed by atoms with E-state index in [4.69, 9.17) is 10.5 Å². The summed E-state index contributed by atoms with van der Waals surface area (Å²) in [5.41, 5.74) is 6.57. The summed E-state index contributed by atoms with van der Waals surface area (Å²) in [5, 5.41) is 2.80. The third kappa shape index (κ3) is 4.61. The van der Waals surface area contributed by atoms with Gasteiger partial charge in [-0.25, -0.2) is 0 Å². The standard InChI is InChI=1S/C15H24N4O2/c1-21-14-4-2-13(3-5-14)19-10-8-18(9-11-19)12-15(20)17-7-6-16/h2-5H,6-12,16H2,1H3,(H,17,20). The van der Waals surface area contributed by atoms with Gasteiger partial charge in [-0.3, -0.25) is 9.69 Å². The van der Waals surface area contributed by atoms with E-state index in [1.807, 2.05) is 12.1 Å². The second-order valence-corrected chi connectivity index (χ2v) is 5.10. The lowest BCUT2D eigenvalue weighted by molar-refractivity contribution is -0.122. The molecule has 0 spiro atoms. The highest BCUT2D eigenvalue weighted by Crippen LogP contribution is 2.20. The molecule has 1 aromatic carbocycles. The van der Waals surface area contributed by atoms with E-state index in [0.717, 1.165) is 31.9 Å². The van der Waals surface area contributed by atoms with E-state index < -0.39 is 0 Å². The number of amides is 1. The smallest absolute Gasteiger partial charge is 0.234 e. The fraction of sp³-hybridized carbons (Fsp3) is 0.533. The molecule has 0 radical (unpaired) electrons. The van der Waals surface area contributed by atoms with Gasteiger partial charge in [0.1, 0.15) is 5.75 Å². The largest absolute Gasteiger partial charge is 0.497 e. The van der Waals surface area contributed by atoms with Crippen LogP contribution in [0.5, 0.6) is 5.75 Å². The second kappa shape index (κ2) is 7.85. The molecular weight excluding hydrogens is 268 g/mol. The zero-order valence-electron chi connectivity index (χ0n) is 12.5. The van der Waals surface area contributed by atoms with Crippen molar-refractivity contribution in [2.45, 2.75) is 0 Å². The average Bonchev–Trinajstić information content (AvgIpc) is 2.54. The molecule has 21 heavy (non-hydrogen) atoms. The number of ether oxygens (including phenoxy) is 1. The first-order valence-electron chi connectivity index (χ1n) is 7.31. The summed E-state index contributed by atoms with van der Waals surface area (Å²) in [4.78, 5) is 16.2. The first kappa shape index (κ1) is 15.6. The number of nitrogens with one attached hydrogen (secondary N) is 1. The van der Waals surface area contributed by atoms with Gasteiger partial charge in [-0.1, -0.05) is 0 Å². The van der Waals surface area contributed by atoms with Gasteiger partial charge in [0.25, 0.3) is 0 Å². The number of methoxy groups -OCH3 is 1. The van der Waals surface area contributed by atoms with Gasteiger partial charge in [-0.05, 0) is 24.3 Å². The Hall–Kier alpha value is -1.79.